The van der Waals surface area contributed by atoms with Gasteiger partial charge >= 0.3 is 0 Å². The number of rotatable bonds is 5. The summed E-state index contributed by atoms with van der Waals surface area (Å²) in [6.45, 7) is 1.69. The van der Waals surface area contributed by atoms with Crippen LogP contribution in [-0.4, -0.2) is 35.8 Å². The monoisotopic (exact) mass is 406 g/mol. The summed E-state index contributed by atoms with van der Waals surface area (Å²) in [5.74, 6) is -0.981. The second kappa shape index (κ2) is 7.58. The molecule has 0 radical (unpaired) electrons. The summed E-state index contributed by atoms with van der Waals surface area (Å²) in [4.78, 5) is 38.6. The lowest BCUT2D eigenvalue weighted by Gasteiger charge is -2.22. The number of carbonyl (C=O) groups excluding carboxylic acids is 3. The minimum Gasteiger partial charge on any atom is -0.496 e. The van der Waals surface area contributed by atoms with Crippen molar-refractivity contribution in [3.05, 3.63) is 63.1 Å². The van der Waals surface area contributed by atoms with Gasteiger partial charge in [0, 0.05) is 12.1 Å². The summed E-state index contributed by atoms with van der Waals surface area (Å²) in [6.07, 6.45) is 0. The van der Waals surface area contributed by atoms with Crippen LogP contribution >= 0.6 is 23.2 Å². The average Bonchev–Trinajstić information content (AvgIpc) is 2.90. The van der Waals surface area contributed by atoms with Crippen molar-refractivity contribution < 1.29 is 19.1 Å². The van der Waals surface area contributed by atoms with Gasteiger partial charge in [-0.05, 0) is 25.1 Å². The van der Waals surface area contributed by atoms with Crippen LogP contribution in [0.5, 0.6) is 5.75 Å². The summed E-state index contributed by atoms with van der Waals surface area (Å²) in [6, 6.07) is 8.94. The molecular formula is C19H16Cl2N2O4. The highest BCUT2D eigenvalue weighted by atomic mass is 35.5. The topological polar surface area (TPSA) is 75.7 Å². The molecule has 1 aliphatic heterocycles. The fourth-order valence-corrected chi connectivity index (χ4v) is 3.23. The highest BCUT2D eigenvalue weighted by Crippen LogP contribution is 2.32. The van der Waals surface area contributed by atoms with Crippen LogP contribution < -0.4 is 10.1 Å². The fourth-order valence-electron chi connectivity index (χ4n) is 2.90. The van der Waals surface area contributed by atoms with Crippen molar-refractivity contribution in [1.29, 1.82) is 0 Å². The number of fused-ring (bicyclic) bond motifs is 1. The predicted molar refractivity (Wildman–Crippen MR) is 101 cm³/mol. The first kappa shape index (κ1) is 19.2. The van der Waals surface area contributed by atoms with Gasteiger partial charge < -0.3 is 10.1 Å². The van der Waals surface area contributed by atoms with E-state index in [4.69, 9.17) is 27.9 Å². The van der Waals surface area contributed by atoms with E-state index in [0.29, 0.717) is 5.75 Å². The predicted octanol–water partition coefficient (Wildman–Crippen LogP) is 3.30. The molecule has 0 fully saturated rings. The van der Waals surface area contributed by atoms with E-state index in [1.54, 1.807) is 13.2 Å². The normalized spacial score (nSPS) is 14.1. The molecule has 1 N–H and O–H groups in total. The molecule has 1 atom stereocenters. The summed E-state index contributed by atoms with van der Waals surface area (Å²) >= 11 is 11.9. The first-order valence-corrected chi connectivity index (χ1v) is 8.87. The quantitative estimate of drug-likeness (QED) is 0.772. The number of methoxy groups -OCH3 is 1. The third kappa shape index (κ3) is 3.50. The molecule has 1 heterocycles. The lowest BCUT2D eigenvalue weighted by atomic mass is 10.1. The van der Waals surface area contributed by atoms with Gasteiger partial charge in [-0.25, -0.2) is 0 Å². The molecule has 0 aliphatic carbocycles. The Morgan fingerprint density at radius 3 is 2.22 bits per heavy atom. The molecule has 6 nitrogen and oxygen atoms in total. The molecule has 0 unspecified atom stereocenters. The maximum Gasteiger partial charge on any atom is 0.262 e. The number of amides is 3. The number of benzene rings is 2. The molecule has 0 bridgehead atoms. The Morgan fingerprint density at radius 1 is 1.11 bits per heavy atom. The van der Waals surface area contributed by atoms with Gasteiger partial charge in [-0.2, -0.15) is 0 Å². The van der Waals surface area contributed by atoms with E-state index in [1.165, 1.54) is 19.1 Å². The van der Waals surface area contributed by atoms with Gasteiger partial charge in [-0.3, -0.25) is 19.3 Å². The van der Waals surface area contributed by atoms with Gasteiger partial charge in [0.05, 0.1) is 28.3 Å². The van der Waals surface area contributed by atoms with Crippen molar-refractivity contribution in [1.82, 2.24) is 10.2 Å². The molecule has 0 aromatic heterocycles. The number of para-hydroxylation sites is 1. The first-order chi connectivity index (χ1) is 12.8. The first-order valence-electron chi connectivity index (χ1n) is 8.11. The van der Waals surface area contributed by atoms with Crippen molar-refractivity contribution in [2.24, 2.45) is 0 Å². The van der Waals surface area contributed by atoms with E-state index in [-0.39, 0.29) is 27.7 Å². The smallest absolute Gasteiger partial charge is 0.262 e. The molecule has 0 spiro atoms. The van der Waals surface area contributed by atoms with Crippen molar-refractivity contribution in [3.8, 4) is 5.75 Å². The van der Waals surface area contributed by atoms with Gasteiger partial charge in [-0.15, -0.1) is 0 Å². The van der Waals surface area contributed by atoms with E-state index in [0.717, 1.165) is 10.5 Å². The van der Waals surface area contributed by atoms with Crippen LogP contribution in [-0.2, 0) is 11.3 Å². The fraction of sp³-hybridized carbons (Fsp3) is 0.211. The molecular weight excluding hydrogens is 391 g/mol. The van der Waals surface area contributed by atoms with Gasteiger partial charge in [-0.1, -0.05) is 41.4 Å². The van der Waals surface area contributed by atoms with Crippen LogP contribution in [0.1, 0.15) is 33.2 Å². The minimum absolute atomic E-state index is 0.138. The van der Waals surface area contributed by atoms with Crippen LogP contribution in [0.2, 0.25) is 10.0 Å². The van der Waals surface area contributed by atoms with Crippen LogP contribution in [0.4, 0.5) is 0 Å². The minimum atomic E-state index is -0.996. The van der Waals surface area contributed by atoms with Crippen LogP contribution in [0.15, 0.2) is 36.4 Å². The Bertz CT molecular complexity index is 904. The molecule has 0 saturated heterocycles. The van der Waals surface area contributed by atoms with Crippen molar-refractivity contribution >= 4 is 40.9 Å². The van der Waals surface area contributed by atoms with Crippen LogP contribution in [0.3, 0.4) is 0 Å². The zero-order valence-electron chi connectivity index (χ0n) is 14.6. The average molecular weight is 407 g/mol. The molecule has 0 saturated carbocycles. The Labute approximate surface area is 166 Å². The lowest BCUT2D eigenvalue weighted by molar-refractivity contribution is -0.124. The van der Waals surface area contributed by atoms with Crippen LogP contribution in [0.25, 0.3) is 0 Å². The molecule has 140 valence electrons. The van der Waals surface area contributed by atoms with E-state index < -0.39 is 23.8 Å². The number of halogens is 2. The largest absolute Gasteiger partial charge is 0.496 e. The van der Waals surface area contributed by atoms with Crippen molar-refractivity contribution in [2.45, 2.75) is 19.5 Å². The molecule has 3 rings (SSSR count). The van der Waals surface area contributed by atoms with Gasteiger partial charge in [0.15, 0.2) is 0 Å². The second-order valence-electron chi connectivity index (χ2n) is 6.00. The number of hydrogen-bond donors (Lipinski definition) is 1. The Hall–Kier alpha value is -2.57. The third-order valence-corrected chi connectivity index (χ3v) is 5.09. The summed E-state index contributed by atoms with van der Waals surface area (Å²) in [5, 5.41) is 3.07. The standard InChI is InChI=1S/C19H16Cl2N2O4/c1-10(17(24)22-9-11-5-3-4-6-16(11)27-2)23-18(25)12-7-14(20)15(21)8-13(12)19(23)26/h3-8,10H,9H2,1-2H3,(H,22,24)/t10-/m0/s1. The summed E-state index contributed by atoms with van der Waals surface area (Å²) < 4.78 is 5.24. The zero-order valence-corrected chi connectivity index (χ0v) is 16.1. The van der Waals surface area contributed by atoms with E-state index >= 15 is 0 Å². The summed E-state index contributed by atoms with van der Waals surface area (Å²) in [7, 11) is 1.54. The Morgan fingerprint density at radius 2 is 1.67 bits per heavy atom. The maximum atomic E-state index is 12.6. The second-order valence-corrected chi connectivity index (χ2v) is 6.81. The number of ether oxygens (including phenoxy) is 1. The third-order valence-electron chi connectivity index (χ3n) is 4.37. The lowest BCUT2D eigenvalue weighted by Crippen LogP contribution is -2.47. The molecule has 2 aromatic carbocycles. The van der Waals surface area contributed by atoms with Gasteiger partial charge in [0.25, 0.3) is 11.8 Å². The number of nitrogens with zero attached hydrogens (tertiary/aromatic N) is 1. The molecule has 1 aliphatic rings. The highest BCUT2D eigenvalue weighted by molar-refractivity contribution is 6.43. The molecule has 3 amide bonds. The Kier molecular flexibility index (Phi) is 5.39. The summed E-state index contributed by atoms with van der Waals surface area (Å²) in [5.41, 5.74) is 1.05. The number of imide groups is 1. The van der Waals surface area contributed by atoms with E-state index in [2.05, 4.69) is 5.32 Å². The number of carbonyl (C=O) groups is 3. The van der Waals surface area contributed by atoms with Crippen LogP contribution in [0, 0.1) is 0 Å². The zero-order chi connectivity index (χ0) is 19.7. The molecule has 27 heavy (non-hydrogen) atoms. The van der Waals surface area contributed by atoms with E-state index in [1.807, 2.05) is 18.2 Å². The molecule has 8 heteroatoms. The number of nitrogens with one attached hydrogen (secondary N) is 1. The highest BCUT2D eigenvalue weighted by Gasteiger charge is 2.41. The SMILES string of the molecule is COc1ccccc1CNC(=O)[C@H](C)N1C(=O)c2cc(Cl)c(Cl)cc2C1=O. The molecule has 2 aromatic rings. The van der Waals surface area contributed by atoms with Crippen molar-refractivity contribution in [3.63, 3.8) is 0 Å². The maximum absolute atomic E-state index is 12.6. The Balaban J connectivity index is 1.76. The van der Waals surface area contributed by atoms with Gasteiger partial charge in [0.1, 0.15) is 11.8 Å². The number of hydrogen-bond acceptors (Lipinski definition) is 4. The van der Waals surface area contributed by atoms with E-state index in [9.17, 15) is 14.4 Å². The van der Waals surface area contributed by atoms with Crippen molar-refractivity contribution in [2.75, 3.05) is 7.11 Å². The van der Waals surface area contributed by atoms with Gasteiger partial charge in [0.2, 0.25) is 5.91 Å².